The Hall–Kier alpha value is -1.64. The summed E-state index contributed by atoms with van der Waals surface area (Å²) >= 11 is 12.0. The zero-order valence-corrected chi connectivity index (χ0v) is 17.7. The van der Waals surface area contributed by atoms with Gasteiger partial charge < -0.3 is 5.32 Å². The molecule has 0 bridgehead atoms. The van der Waals surface area contributed by atoms with Gasteiger partial charge in [-0.05, 0) is 35.9 Å². The van der Waals surface area contributed by atoms with Gasteiger partial charge in [0.2, 0.25) is 10.0 Å². The van der Waals surface area contributed by atoms with Crippen LogP contribution in [-0.4, -0.2) is 56.0 Å². The first kappa shape index (κ1) is 21.1. The molecule has 0 aliphatic carbocycles. The fraction of sp³-hybridized carbons (Fsp3) is 0.316. The van der Waals surface area contributed by atoms with E-state index in [9.17, 15) is 13.2 Å². The number of halogens is 2. The number of benzene rings is 2. The summed E-state index contributed by atoms with van der Waals surface area (Å²) in [5, 5.41) is 3.67. The molecule has 0 aromatic heterocycles. The van der Waals surface area contributed by atoms with E-state index in [1.54, 1.807) is 24.3 Å². The van der Waals surface area contributed by atoms with Crippen LogP contribution in [0.5, 0.6) is 0 Å². The molecule has 1 fully saturated rings. The summed E-state index contributed by atoms with van der Waals surface area (Å²) in [6, 6.07) is 12.3. The number of sulfonamides is 1. The molecule has 1 aliphatic heterocycles. The molecule has 2 aromatic rings. The third-order valence-electron chi connectivity index (χ3n) is 4.57. The number of hydrogen-bond acceptors (Lipinski definition) is 4. The highest BCUT2D eigenvalue weighted by Gasteiger charge is 2.23. The number of nitrogens with zero attached hydrogens (tertiary/aromatic N) is 2. The summed E-state index contributed by atoms with van der Waals surface area (Å²) in [5.74, 6) is -0.257. The van der Waals surface area contributed by atoms with Gasteiger partial charge in [-0.15, -0.1) is 0 Å². The molecule has 1 N–H and O–H groups in total. The van der Waals surface area contributed by atoms with Crippen LogP contribution in [0.25, 0.3) is 0 Å². The number of carbonyl (C=O) groups is 1. The Balaban J connectivity index is 1.63. The predicted octanol–water partition coefficient (Wildman–Crippen LogP) is 3.32. The van der Waals surface area contributed by atoms with Crippen molar-refractivity contribution in [1.29, 1.82) is 0 Å². The van der Waals surface area contributed by atoms with E-state index in [0.717, 1.165) is 5.56 Å². The van der Waals surface area contributed by atoms with Crippen molar-refractivity contribution in [3.05, 3.63) is 63.6 Å². The van der Waals surface area contributed by atoms with Crippen LogP contribution >= 0.6 is 23.2 Å². The Labute approximate surface area is 175 Å². The molecule has 1 heterocycles. The fourth-order valence-electron chi connectivity index (χ4n) is 3.07. The standard InChI is InChI=1S/C19H21Cl2N3O3S/c1-28(26,27)24-9-7-23(8-10-24)13-14-3-2-4-15(11-14)19(25)22-18-6-5-16(20)12-17(18)21/h2-6,11-12H,7-10,13H2,1H3,(H,22,25). The van der Waals surface area contributed by atoms with Crippen molar-refractivity contribution in [3.63, 3.8) is 0 Å². The monoisotopic (exact) mass is 441 g/mol. The van der Waals surface area contributed by atoms with Gasteiger partial charge in [-0.1, -0.05) is 35.3 Å². The van der Waals surface area contributed by atoms with Gasteiger partial charge in [-0.3, -0.25) is 9.69 Å². The van der Waals surface area contributed by atoms with E-state index < -0.39 is 10.0 Å². The lowest BCUT2D eigenvalue weighted by atomic mass is 10.1. The molecule has 1 aliphatic rings. The Morgan fingerprint density at radius 2 is 1.79 bits per heavy atom. The average Bonchev–Trinajstić information content (AvgIpc) is 2.64. The van der Waals surface area contributed by atoms with Gasteiger partial charge in [0.1, 0.15) is 0 Å². The minimum atomic E-state index is -3.14. The highest BCUT2D eigenvalue weighted by molar-refractivity contribution is 7.88. The van der Waals surface area contributed by atoms with E-state index in [1.165, 1.54) is 10.6 Å². The van der Waals surface area contributed by atoms with Crippen molar-refractivity contribution in [2.24, 2.45) is 0 Å². The van der Waals surface area contributed by atoms with Crippen LogP contribution in [0.4, 0.5) is 5.69 Å². The molecule has 1 amide bonds. The largest absolute Gasteiger partial charge is 0.321 e. The van der Waals surface area contributed by atoms with Crippen LogP contribution in [0.3, 0.4) is 0 Å². The van der Waals surface area contributed by atoms with Crippen molar-refractivity contribution >= 4 is 44.8 Å². The average molecular weight is 442 g/mol. The van der Waals surface area contributed by atoms with Crippen molar-refractivity contribution in [3.8, 4) is 0 Å². The van der Waals surface area contributed by atoms with Crippen LogP contribution in [0.2, 0.25) is 10.0 Å². The van der Waals surface area contributed by atoms with Gasteiger partial charge in [0, 0.05) is 43.3 Å². The van der Waals surface area contributed by atoms with Gasteiger partial charge >= 0.3 is 0 Å². The third kappa shape index (κ3) is 5.46. The van der Waals surface area contributed by atoms with Crippen molar-refractivity contribution in [1.82, 2.24) is 9.21 Å². The second kappa shape index (κ2) is 8.80. The summed E-state index contributed by atoms with van der Waals surface area (Å²) in [4.78, 5) is 14.7. The molecule has 0 unspecified atom stereocenters. The van der Waals surface area contributed by atoms with E-state index >= 15 is 0 Å². The first-order chi connectivity index (χ1) is 13.2. The maximum atomic E-state index is 12.6. The minimum Gasteiger partial charge on any atom is -0.321 e. The SMILES string of the molecule is CS(=O)(=O)N1CCN(Cc2cccc(C(=O)Nc3ccc(Cl)cc3Cl)c2)CC1. The molecule has 3 rings (SSSR count). The number of amides is 1. The molecule has 2 aromatic carbocycles. The summed E-state index contributed by atoms with van der Waals surface area (Å²) in [6.07, 6.45) is 1.23. The first-order valence-corrected chi connectivity index (χ1v) is 11.4. The lowest BCUT2D eigenvalue weighted by Crippen LogP contribution is -2.47. The molecule has 150 valence electrons. The van der Waals surface area contributed by atoms with Crippen LogP contribution < -0.4 is 5.32 Å². The van der Waals surface area contributed by atoms with Crippen LogP contribution in [0.15, 0.2) is 42.5 Å². The summed E-state index contributed by atoms with van der Waals surface area (Å²) < 4.78 is 24.7. The smallest absolute Gasteiger partial charge is 0.255 e. The molecule has 0 radical (unpaired) electrons. The second-order valence-corrected chi connectivity index (χ2v) is 9.54. The molecular formula is C19H21Cl2N3O3S. The van der Waals surface area contributed by atoms with Crippen LogP contribution in [-0.2, 0) is 16.6 Å². The Kier molecular flexibility index (Phi) is 6.62. The molecule has 6 nitrogen and oxygen atoms in total. The molecule has 1 saturated heterocycles. The Bertz CT molecular complexity index is 974. The van der Waals surface area contributed by atoms with Gasteiger partial charge in [0.25, 0.3) is 5.91 Å². The van der Waals surface area contributed by atoms with E-state index in [-0.39, 0.29) is 5.91 Å². The Morgan fingerprint density at radius 3 is 2.43 bits per heavy atom. The number of rotatable bonds is 5. The fourth-order valence-corrected chi connectivity index (χ4v) is 4.36. The number of hydrogen-bond donors (Lipinski definition) is 1. The van der Waals surface area contributed by atoms with Crippen molar-refractivity contribution in [2.45, 2.75) is 6.54 Å². The van der Waals surface area contributed by atoms with Crippen LogP contribution in [0, 0.1) is 0 Å². The maximum absolute atomic E-state index is 12.6. The van der Waals surface area contributed by atoms with Crippen molar-refractivity contribution in [2.75, 3.05) is 37.8 Å². The quantitative estimate of drug-likeness (QED) is 0.772. The zero-order valence-electron chi connectivity index (χ0n) is 15.4. The van der Waals surface area contributed by atoms with Gasteiger partial charge in [-0.2, -0.15) is 4.31 Å². The molecule has 28 heavy (non-hydrogen) atoms. The third-order valence-corrected chi connectivity index (χ3v) is 6.43. The zero-order chi connectivity index (χ0) is 20.3. The Morgan fingerprint density at radius 1 is 1.07 bits per heavy atom. The van der Waals surface area contributed by atoms with Gasteiger partial charge in [0.05, 0.1) is 17.0 Å². The summed E-state index contributed by atoms with van der Waals surface area (Å²) in [5.41, 5.74) is 2.01. The number of piperazine rings is 1. The van der Waals surface area contributed by atoms with Crippen molar-refractivity contribution < 1.29 is 13.2 Å². The summed E-state index contributed by atoms with van der Waals surface area (Å²) in [6.45, 7) is 2.93. The number of nitrogens with one attached hydrogen (secondary N) is 1. The highest BCUT2D eigenvalue weighted by atomic mass is 35.5. The van der Waals surface area contributed by atoms with Crippen LogP contribution in [0.1, 0.15) is 15.9 Å². The van der Waals surface area contributed by atoms with E-state index in [0.29, 0.717) is 54.0 Å². The predicted molar refractivity (Wildman–Crippen MR) is 113 cm³/mol. The molecule has 0 saturated carbocycles. The molecule has 9 heteroatoms. The molecule has 0 atom stereocenters. The minimum absolute atomic E-state index is 0.257. The topological polar surface area (TPSA) is 69.7 Å². The normalized spacial score (nSPS) is 16.1. The lowest BCUT2D eigenvalue weighted by Gasteiger charge is -2.33. The maximum Gasteiger partial charge on any atom is 0.255 e. The molecule has 0 spiro atoms. The van der Waals surface area contributed by atoms with E-state index in [4.69, 9.17) is 23.2 Å². The van der Waals surface area contributed by atoms with E-state index in [1.807, 2.05) is 18.2 Å². The lowest BCUT2D eigenvalue weighted by molar-refractivity contribution is 0.102. The number of anilines is 1. The van der Waals surface area contributed by atoms with Gasteiger partial charge in [0.15, 0.2) is 0 Å². The number of carbonyl (C=O) groups excluding carboxylic acids is 1. The molecular weight excluding hydrogens is 421 g/mol. The summed E-state index contributed by atoms with van der Waals surface area (Å²) in [7, 11) is -3.14. The van der Waals surface area contributed by atoms with E-state index in [2.05, 4.69) is 10.2 Å². The van der Waals surface area contributed by atoms with Gasteiger partial charge in [-0.25, -0.2) is 8.42 Å². The highest BCUT2D eigenvalue weighted by Crippen LogP contribution is 2.26. The second-order valence-electron chi connectivity index (χ2n) is 6.72. The first-order valence-electron chi connectivity index (χ1n) is 8.75.